The zero-order chi connectivity index (χ0) is 34.3. The van der Waals surface area contributed by atoms with E-state index >= 15 is 0 Å². The number of fused-ring (bicyclic) bond motifs is 3. The number of carbonyl (C=O) groups is 3. The Kier molecular flexibility index (Phi) is 9.72. The van der Waals surface area contributed by atoms with E-state index < -0.39 is 17.7 Å². The van der Waals surface area contributed by atoms with Crippen LogP contribution in [-0.2, 0) is 0 Å². The molecule has 0 saturated heterocycles. The molecule has 6 aromatic rings. The van der Waals surface area contributed by atoms with E-state index in [1.54, 1.807) is 54.6 Å². The van der Waals surface area contributed by atoms with Gasteiger partial charge < -0.3 is 31.3 Å². The average molecular weight is 660 g/mol. The highest BCUT2D eigenvalue weighted by molar-refractivity contribution is 6.04. The molecule has 3 aromatic heterocycles. The van der Waals surface area contributed by atoms with Crippen LogP contribution in [0.15, 0.2) is 91.4 Å². The van der Waals surface area contributed by atoms with Gasteiger partial charge in [-0.25, -0.2) is 0 Å². The maximum Gasteiger partial charge on any atom is 0.255 e. The first-order chi connectivity index (χ1) is 23.8. The predicted molar refractivity (Wildman–Crippen MR) is 184 cm³/mol. The summed E-state index contributed by atoms with van der Waals surface area (Å²) >= 11 is 0. The summed E-state index contributed by atoms with van der Waals surface area (Å²) < 4.78 is 0. The van der Waals surface area contributed by atoms with Crippen LogP contribution < -0.4 is 16.0 Å². The summed E-state index contributed by atoms with van der Waals surface area (Å²) in [6, 6.07) is 20.3. The average Bonchev–Trinajstić information content (AvgIpc) is 3.12. The van der Waals surface area contributed by atoms with Gasteiger partial charge in [0.15, 0.2) is 17.2 Å². The van der Waals surface area contributed by atoms with Crippen molar-refractivity contribution in [3.8, 4) is 17.2 Å². The van der Waals surface area contributed by atoms with Crippen molar-refractivity contribution in [1.29, 1.82) is 0 Å². The molecule has 0 atom stereocenters. The molecular formula is C36H33N7O6. The number of pyridine rings is 3. The second-order valence-electron chi connectivity index (χ2n) is 11.2. The molecule has 3 amide bonds. The molecule has 0 bridgehead atoms. The van der Waals surface area contributed by atoms with Gasteiger partial charge in [-0.3, -0.25) is 34.2 Å². The lowest BCUT2D eigenvalue weighted by Crippen LogP contribution is -2.43. The Morgan fingerprint density at radius 2 is 0.796 bits per heavy atom. The molecule has 13 heteroatoms. The highest BCUT2D eigenvalue weighted by Gasteiger charge is 2.18. The zero-order valence-electron chi connectivity index (χ0n) is 26.3. The van der Waals surface area contributed by atoms with Crippen LogP contribution >= 0.6 is 0 Å². The van der Waals surface area contributed by atoms with Gasteiger partial charge in [0, 0.05) is 74.0 Å². The quantitative estimate of drug-likeness (QED) is 0.114. The first-order valence-electron chi connectivity index (χ1n) is 15.6. The molecule has 3 aromatic carbocycles. The number of hydrogen-bond donors (Lipinski definition) is 6. The zero-order valence-corrected chi connectivity index (χ0v) is 26.3. The minimum atomic E-state index is -0.479. The number of phenolic OH excluding ortho intramolecular Hbond substituents is 3. The molecule has 248 valence electrons. The Balaban J connectivity index is 1.09. The molecule has 0 fully saturated rings. The van der Waals surface area contributed by atoms with Crippen molar-refractivity contribution in [2.75, 3.05) is 39.3 Å². The van der Waals surface area contributed by atoms with Crippen LogP contribution in [0.5, 0.6) is 17.2 Å². The lowest BCUT2D eigenvalue weighted by atomic mass is 10.1. The van der Waals surface area contributed by atoms with Crippen LogP contribution in [0.25, 0.3) is 32.7 Å². The monoisotopic (exact) mass is 659 g/mol. The van der Waals surface area contributed by atoms with Crippen LogP contribution in [0.1, 0.15) is 31.1 Å². The molecule has 0 radical (unpaired) electrons. The maximum atomic E-state index is 13.0. The van der Waals surface area contributed by atoms with Gasteiger partial charge in [0.1, 0.15) is 16.6 Å². The minimum absolute atomic E-state index is 0.0895. The van der Waals surface area contributed by atoms with E-state index in [0.717, 1.165) is 0 Å². The Morgan fingerprint density at radius 1 is 0.490 bits per heavy atom. The number of aromatic nitrogens is 3. The summed E-state index contributed by atoms with van der Waals surface area (Å²) in [5.74, 6) is -2.07. The second kappa shape index (κ2) is 14.6. The second-order valence-corrected chi connectivity index (χ2v) is 11.2. The van der Waals surface area contributed by atoms with Crippen LogP contribution in [0.4, 0.5) is 0 Å². The first kappa shape index (κ1) is 32.6. The summed E-state index contributed by atoms with van der Waals surface area (Å²) in [5, 5.41) is 42.5. The topological polar surface area (TPSA) is 190 Å². The smallest absolute Gasteiger partial charge is 0.255 e. The van der Waals surface area contributed by atoms with E-state index in [-0.39, 0.29) is 53.6 Å². The van der Waals surface area contributed by atoms with Crippen LogP contribution in [0.3, 0.4) is 0 Å². The molecule has 0 spiro atoms. The number of phenols is 3. The molecule has 13 nitrogen and oxygen atoms in total. The molecular weight excluding hydrogens is 626 g/mol. The summed E-state index contributed by atoms with van der Waals surface area (Å²) in [6.07, 6.45) is 4.61. The van der Waals surface area contributed by atoms with Crippen molar-refractivity contribution in [2.45, 2.75) is 0 Å². The van der Waals surface area contributed by atoms with Crippen molar-refractivity contribution < 1.29 is 29.7 Å². The molecule has 3 heterocycles. The molecule has 49 heavy (non-hydrogen) atoms. The van der Waals surface area contributed by atoms with E-state index in [9.17, 15) is 29.7 Å². The Morgan fingerprint density at radius 3 is 1.10 bits per heavy atom. The summed E-state index contributed by atoms with van der Waals surface area (Å²) in [7, 11) is 0. The van der Waals surface area contributed by atoms with Gasteiger partial charge in [0.25, 0.3) is 17.7 Å². The van der Waals surface area contributed by atoms with Crippen LogP contribution in [0.2, 0.25) is 0 Å². The maximum absolute atomic E-state index is 13.0. The van der Waals surface area contributed by atoms with Crippen molar-refractivity contribution in [3.05, 3.63) is 108 Å². The third-order valence-corrected chi connectivity index (χ3v) is 8.12. The van der Waals surface area contributed by atoms with Crippen molar-refractivity contribution in [1.82, 2.24) is 35.8 Å². The molecule has 0 aliphatic rings. The number of rotatable bonds is 12. The fraction of sp³-hybridized carbons (Fsp3) is 0.167. The van der Waals surface area contributed by atoms with Crippen LogP contribution in [0, 0.1) is 0 Å². The van der Waals surface area contributed by atoms with Crippen LogP contribution in [-0.4, -0.2) is 92.2 Å². The number of carbonyl (C=O) groups excluding carboxylic acids is 3. The van der Waals surface area contributed by atoms with Gasteiger partial charge in [-0.05, 0) is 36.4 Å². The Labute approximate surface area is 280 Å². The van der Waals surface area contributed by atoms with Gasteiger partial charge in [-0.15, -0.1) is 0 Å². The number of aromatic hydroxyl groups is 3. The van der Waals surface area contributed by atoms with Gasteiger partial charge in [-0.2, -0.15) is 0 Å². The third kappa shape index (κ3) is 7.16. The highest BCUT2D eigenvalue weighted by Crippen LogP contribution is 2.28. The molecule has 6 N–H and O–H groups in total. The van der Waals surface area contributed by atoms with Gasteiger partial charge in [0.2, 0.25) is 0 Å². The van der Waals surface area contributed by atoms with Gasteiger partial charge in [-0.1, -0.05) is 36.4 Å². The van der Waals surface area contributed by atoms with Crippen molar-refractivity contribution in [2.24, 2.45) is 0 Å². The molecule has 6 rings (SSSR count). The third-order valence-electron chi connectivity index (χ3n) is 8.12. The minimum Gasteiger partial charge on any atom is -0.505 e. The molecule has 0 aliphatic heterocycles. The number of amides is 3. The Bertz CT molecular complexity index is 1950. The Hall–Kier alpha value is -6.34. The standard InChI is InChI=1S/C36H33N7O6/c44-31-25(10-7-22-4-1-13-37-28(22)31)34(47)40-16-19-43(20-17-41-35(48)26-11-8-23-5-2-14-38-29(23)32(26)45)21-18-42-36(49)27-12-9-24-6-3-15-39-30(24)33(27)46/h1-15,44-46H,16-21H2,(H,40,47)(H,41,48)(H,42,49). The largest absolute Gasteiger partial charge is 0.505 e. The van der Waals surface area contributed by atoms with E-state index in [0.29, 0.717) is 52.3 Å². The van der Waals surface area contributed by atoms with E-state index in [4.69, 9.17) is 0 Å². The van der Waals surface area contributed by atoms with Crippen molar-refractivity contribution >= 4 is 50.4 Å². The highest BCUT2D eigenvalue weighted by atomic mass is 16.3. The van der Waals surface area contributed by atoms with E-state index in [1.807, 2.05) is 4.90 Å². The number of nitrogens with zero attached hydrogens (tertiary/aromatic N) is 4. The number of hydrogen-bond acceptors (Lipinski definition) is 10. The fourth-order valence-corrected chi connectivity index (χ4v) is 5.54. The normalized spacial score (nSPS) is 11.2. The lowest BCUT2D eigenvalue weighted by Gasteiger charge is -2.23. The SMILES string of the molecule is O=C(NCCN(CCNC(=O)c1ccc2cccnc2c1O)CCNC(=O)c1ccc2cccnc2c1O)c1ccc2cccnc2c1O. The van der Waals surface area contributed by atoms with E-state index in [2.05, 4.69) is 30.9 Å². The van der Waals surface area contributed by atoms with Crippen molar-refractivity contribution in [3.63, 3.8) is 0 Å². The molecule has 0 saturated carbocycles. The first-order valence-corrected chi connectivity index (χ1v) is 15.6. The number of nitrogens with one attached hydrogen (secondary N) is 3. The predicted octanol–water partition coefficient (Wildman–Crippen LogP) is 3.34. The van der Waals surface area contributed by atoms with E-state index in [1.165, 1.54) is 36.8 Å². The molecule has 0 aliphatic carbocycles. The summed E-state index contributed by atoms with van der Waals surface area (Å²) in [4.78, 5) is 53.3. The number of benzene rings is 3. The summed E-state index contributed by atoms with van der Waals surface area (Å²) in [5.41, 5.74) is 1.24. The lowest BCUT2D eigenvalue weighted by molar-refractivity contribution is 0.0945. The van der Waals surface area contributed by atoms with Gasteiger partial charge in [0.05, 0.1) is 16.7 Å². The summed E-state index contributed by atoms with van der Waals surface area (Å²) in [6.45, 7) is 1.57. The molecule has 0 unspecified atom stereocenters. The van der Waals surface area contributed by atoms with Gasteiger partial charge >= 0.3 is 0 Å². The fourth-order valence-electron chi connectivity index (χ4n) is 5.54.